The van der Waals surface area contributed by atoms with Gasteiger partial charge in [0.05, 0.1) is 0 Å². The number of carbonyl (C=O) groups is 1. The molecule has 0 aliphatic carbocycles. The highest BCUT2D eigenvalue weighted by Gasteiger charge is 2.02. The zero-order valence-electron chi connectivity index (χ0n) is 6.76. The zero-order valence-corrected chi connectivity index (χ0v) is 6.76. The first-order valence-electron chi connectivity index (χ1n) is 3.74. The average Bonchev–Trinajstić information content (AvgIpc) is 1.99. The highest BCUT2D eigenvalue weighted by atomic mass is 19.1. The van der Waals surface area contributed by atoms with Crippen LogP contribution in [0.4, 0.5) is 8.78 Å². The van der Waals surface area contributed by atoms with Crippen molar-refractivity contribution in [3.05, 3.63) is 35.4 Å². The molecule has 0 saturated carbocycles. The molecule has 0 aliphatic heterocycles. The molecule has 0 spiro atoms. The lowest BCUT2D eigenvalue weighted by molar-refractivity contribution is -0.136. The lowest BCUT2D eigenvalue weighted by Gasteiger charge is -1.98. The maximum atomic E-state index is 12.6. The summed E-state index contributed by atoms with van der Waals surface area (Å²) >= 11 is 0. The van der Waals surface area contributed by atoms with E-state index in [1.54, 1.807) is 0 Å². The van der Waals surface area contributed by atoms with E-state index in [0.29, 0.717) is 5.56 Å². The molecule has 0 radical (unpaired) electrons. The van der Waals surface area contributed by atoms with E-state index in [4.69, 9.17) is 5.11 Å². The molecule has 0 saturated heterocycles. The van der Waals surface area contributed by atoms with Crippen molar-refractivity contribution in [3.8, 4) is 0 Å². The van der Waals surface area contributed by atoms with Gasteiger partial charge in [0.2, 0.25) is 0 Å². The van der Waals surface area contributed by atoms with Gasteiger partial charge in [0, 0.05) is 12.5 Å². The quantitative estimate of drug-likeness (QED) is 0.783. The molecule has 0 fully saturated rings. The number of carboxylic acids is 1. The topological polar surface area (TPSA) is 37.3 Å². The molecule has 13 heavy (non-hydrogen) atoms. The number of hydrogen-bond acceptors (Lipinski definition) is 1. The summed E-state index contributed by atoms with van der Waals surface area (Å²) < 4.78 is 25.1. The van der Waals surface area contributed by atoms with Gasteiger partial charge in [-0.05, 0) is 24.1 Å². The van der Waals surface area contributed by atoms with Gasteiger partial charge in [-0.15, -0.1) is 0 Å². The van der Waals surface area contributed by atoms with Crippen molar-refractivity contribution in [1.82, 2.24) is 0 Å². The fourth-order valence-electron chi connectivity index (χ4n) is 1.01. The lowest BCUT2D eigenvalue weighted by Crippen LogP contribution is -1.98. The van der Waals surface area contributed by atoms with E-state index < -0.39 is 17.6 Å². The van der Waals surface area contributed by atoms with Gasteiger partial charge >= 0.3 is 5.97 Å². The summed E-state index contributed by atoms with van der Waals surface area (Å²) in [7, 11) is 0. The molecule has 1 rings (SSSR count). The normalized spacial score (nSPS) is 10.0. The van der Waals surface area contributed by atoms with Gasteiger partial charge in [-0.1, -0.05) is 0 Å². The van der Waals surface area contributed by atoms with Crippen LogP contribution >= 0.6 is 0 Å². The van der Waals surface area contributed by atoms with E-state index in [9.17, 15) is 13.6 Å². The van der Waals surface area contributed by atoms with Crippen LogP contribution in [0, 0.1) is 11.6 Å². The molecule has 4 heteroatoms. The van der Waals surface area contributed by atoms with Crippen molar-refractivity contribution >= 4 is 5.97 Å². The molecule has 2 nitrogen and oxygen atoms in total. The predicted octanol–water partition coefficient (Wildman–Crippen LogP) is 1.98. The predicted molar refractivity (Wildman–Crippen MR) is 42.3 cm³/mol. The third-order valence-corrected chi connectivity index (χ3v) is 1.55. The highest BCUT2D eigenvalue weighted by Crippen LogP contribution is 2.09. The Morgan fingerprint density at radius 1 is 1.23 bits per heavy atom. The average molecular weight is 186 g/mol. The second-order valence-corrected chi connectivity index (χ2v) is 2.67. The van der Waals surface area contributed by atoms with Crippen LogP contribution in [0.25, 0.3) is 0 Å². The van der Waals surface area contributed by atoms with Crippen LogP contribution < -0.4 is 0 Å². The summed E-state index contributed by atoms with van der Waals surface area (Å²) in [4.78, 5) is 10.2. The fraction of sp³-hybridized carbons (Fsp3) is 0.222. The molecular weight excluding hydrogens is 178 g/mol. The Morgan fingerprint density at radius 3 is 2.23 bits per heavy atom. The van der Waals surface area contributed by atoms with Crippen molar-refractivity contribution in [2.24, 2.45) is 0 Å². The first-order chi connectivity index (χ1) is 6.08. The molecule has 0 bridgehead atoms. The number of carboxylic acid groups (broad SMARTS) is 1. The number of aliphatic carboxylic acids is 1. The van der Waals surface area contributed by atoms with Gasteiger partial charge in [-0.3, -0.25) is 4.79 Å². The van der Waals surface area contributed by atoms with Crippen molar-refractivity contribution < 1.29 is 18.7 Å². The summed E-state index contributed by atoms with van der Waals surface area (Å²) in [5.74, 6) is -2.34. The van der Waals surface area contributed by atoms with E-state index in [1.807, 2.05) is 0 Å². The number of hydrogen-bond donors (Lipinski definition) is 1. The van der Waals surface area contributed by atoms with Crippen molar-refractivity contribution in [2.75, 3.05) is 0 Å². The molecule has 0 heterocycles. The second-order valence-electron chi connectivity index (χ2n) is 2.67. The summed E-state index contributed by atoms with van der Waals surface area (Å²) in [6.07, 6.45) is 0.0207. The van der Waals surface area contributed by atoms with E-state index in [-0.39, 0.29) is 12.8 Å². The summed E-state index contributed by atoms with van der Waals surface area (Å²) in [6.45, 7) is 0. The van der Waals surface area contributed by atoms with Crippen LogP contribution in [0.15, 0.2) is 18.2 Å². The number of halogens is 2. The minimum absolute atomic E-state index is 0.122. The molecule has 1 aromatic rings. The van der Waals surface area contributed by atoms with Gasteiger partial charge in [-0.2, -0.15) is 0 Å². The Balaban J connectivity index is 2.71. The fourth-order valence-corrected chi connectivity index (χ4v) is 1.01. The molecule has 0 aromatic heterocycles. The molecule has 0 amide bonds. The monoisotopic (exact) mass is 186 g/mol. The Morgan fingerprint density at radius 2 is 1.77 bits per heavy atom. The summed E-state index contributed by atoms with van der Waals surface area (Å²) in [5.41, 5.74) is 0.361. The number of rotatable bonds is 3. The summed E-state index contributed by atoms with van der Waals surface area (Å²) in [5, 5.41) is 8.33. The minimum atomic E-state index is -0.982. The van der Waals surface area contributed by atoms with Gasteiger partial charge in [0.25, 0.3) is 0 Å². The molecular formula is C9H8F2O2. The molecule has 0 atom stereocenters. The maximum absolute atomic E-state index is 12.6. The summed E-state index contributed by atoms with van der Waals surface area (Å²) in [6, 6.07) is 3.02. The Bertz CT molecular complexity index is 303. The van der Waals surface area contributed by atoms with Gasteiger partial charge in [0.15, 0.2) is 0 Å². The van der Waals surface area contributed by atoms with Crippen molar-refractivity contribution in [1.29, 1.82) is 0 Å². The van der Waals surface area contributed by atoms with E-state index in [1.165, 1.54) is 0 Å². The minimum Gasteiger partial charge on any atom is -0.481 e. The SMILES string of the molecule is O=C(O)CCc1cc(F)cc(F)c1. The second kappa shape index (κ2) is 3.98. The van der Waals surface area contributed by atoms with Crippen LogP contribution in [0.5, 0.6) is 0 Å². The van der Waals surface area contributed by atoms with Crippen LogP contribution in [0.2, 0.25) is 0 Å². The van der Waals surface area contributed by atoms with Gasteiger partial charge in [-0.25, -0.2) is 8.78 Å². The number of aryl methyl sites for hydroxylation is 1. The van der Waals surface area contributed by atoms with Gasteiger partial charge in [0.1, 0.15) is 11.6 Å². The van der Waals surface area contributed by atoms with E-state index >= 15 is 0 Å². The first-order valence-corrected chi connectivity index (χ1v) is 3.74. The van der Waals surface area contributed by atoms with E-state index in [2.05, 4.69) is 0 Å². The first kappa shape index (κ1) is 9.64. The third kappa shape index (κ3) is 3.19. The highest BCUT2D eigenvalue weighted by molar-refractivity contribution is 5.67. The van der Waals surface area contributed by atoms with Crippen molar-refractivity contribution in [3.63, 3.8) is 0 Å². The maximum Gasteiger partial charge on any atom is 0.303 e. The number of benzene rings is 1. The van der Waals surface area contributed by atoms with Crippen LogP contribution in [-0.4, -0.2) is 11.1 Å². The largest absolute Gasteiger partial charge is 0.481 e. The zero-order chi connectivity index (χ0) is 9.84. The molecule has 70 valence electrons. The lowest BCUT2D eigenvalue weighted by atomic mass is 10.1. The van der Waals surface area contributed by atoms with E-state index in [0.717, 1.165) is 18.2 Å². The molecule has 1 N–H and O–H groups in total. The van der Waals surface area contributed by atoms with Crippen LogP contribution in [0.3, 0.4) is 0 Å². The molecule has 1 aromatic carbocycles. The Kier molecular flexibility index (Phi) is 2.95. The van der Waals surface area contributed by atoms with Crippen LogP contribution in [-0.2, 0) is 11.2 Å². The standard InChI is InChI=1S/C9H8F2O2/c10-7-3-6(1-2-9(12)13)4-8(11)5-7/h3-5H,1-2H2,(H,12,13). The van der Waals surface area contributed by atoms with Crippen molar-refractivity contribution in [2.45, 2.75) is 12.8 Å². The third-order valence-electron chi connectivity index (χ3n) is 1.55. The Hall–Kier alpha value is -1.45. The molecule has 0 unspecified atom stereocenters. The molecule has 0 aliphatic rings. The van der Waals surface area contributed by atoms with Crippen LogP contribution in [0.1, 0.15) is 12.0 Å². The van der Waals surface area contributed by atoms with Gasteiger partial charge < -0.3 is 5.11 Å². The smallest absolute Gasteiger partial charge is 0.303 e. The Labute approximate surface area is 73.8 Å².